The average molecular weight is 465 g/mol. The van der Waals surface area contributed by atoms with E-state index in [0.717, 1.165) is 6.07 Å². The van der Waals surface area contributed by atoms with Crippen LogP contribution in [0, 0.1) is 0 Å². The van der Waals surface area contributed by atoms with Crippen LogP contribution < -0.4 is 5.32 Å². The number of halogens is 3. The van der Waals surface area contributed by atoms with Crippen LogP contribution in [0.5, 0.6) is 0 Å². The number of hydrogen-bond donors (Lipinski definition) is 1. The van der Waals surface area contributed by atoms with E-state index in [-0.39, 0.29) is 10.6 Å². The van der Waals surface area contributed by atoms with Gasteiger partial charge in [0.1, 0.15) is 0 Å². The van der Waals surface area contributed by atoms with Gasteiger partial charge in [-0.3, -0.25) is 0 Å². The van der Waals surface area contributed by atoms with Crippen molar-refractivity contribution in [1.82, 2.24) is 4.31 Å². The molecule has 0 saturated heterocycles. The van der Waals surface area contributed by atoms with Crippen LogP contribution >= 0.6 is 0 Å². The highest BCUT2D eigenvalue weighted by atomic mass is 32.2. The molecule has 0 bridgehead atoms. The molecule has 6 nitrogen and oxygen atoms in total. The van der Waals surface area contributed by atoms with Gasteiger partial charge in [0.05, 0.1) is 15.5 Å². The van der Waals surface area contributed by atoms with Crippen molar-refractivity contribution in [2.75, 3.05) is 18.4 Å². The maximum absolute atomic E-state index is 13.0. The molecule has 11 heteroatoms. The number of anilines is 1. The van der Waals surface area contributed by atoms with Crippen LogP contribution in [0.2, 0.25) is 0 Å². The Morgan fingerprint density at radius 3 is 1.97 bits per heavy atom. The average Bonchev–Trinajstić information content (AvgIpc) is 2.68. The molecule has 0 aliphatic carbocycles. The van der Waals surface area contributed by atoms with Gasteiger partial charge < -0.3 is 5.32 Å². The van der Waals surface area contributed by atoms with Gasteiger partial charge in [0, 0.05) is 19.1 Å². The molecule has 0 spiro atoms. The predicted molar refractivity (Wildman–Crippen MR) is 108 cm³/mol. The molecular weight excluding hydrogens is 441 g/mol. The van der Waals surface area contributed by atoms with Gasteiger partial charge >= 0.3 is 5.51 Å². The quantitative estimate of drug-likeness (QED) is 0.634. The number of rotatable bonds is 8. The van der Waals surface area contributed by atoms with Crippen LogP contribution in [0.25, 0.3) is 0 Å². The van der Waals surface area contributed by atoms with Crippen LogP contribution in [0.3, 0.4) is 0 Å². The van der Waals surface area contributed by atoms with E-state index in [1.54, 1.807) is 20.8 Å². The molecule has 30 heavy (non-hydrogen) atoms. The summed E-state index contributed by atoms with van der Waals surface area (Å²) < 4.78 is 89.0. The lowest BCUT2D eigenvalue weighted by atomic mass is 10.1. The molecule has 2 rings (SSSR count). The largest absolute Gasteiger partial charge is 0.501 e. The fourth-order valence-corrected chi connectivity index (χ4v) is 5.28. The van der Waals surface area contributed by atoms with E-state index in [4.69, 9.17) is 0 Å². The Morgan fingerprint density at radius 2 is 1.47 bits per heavy atom. The molecule has 1 N–H and O–H groups in total. The summed E-state index contributed by atoms with van der Waals surface area (Å²) >= 11 is 0. The summed E-state index contributed by atoms with van der Waals surface area (Å²) in [6, 6.07) is 10.1. The molecule has 2 aromatic rings. The number of nitrogens with one attached hydrogen (secondary N) is 1. The van der Waals surface area contributed by atoms with Crippen LogP contribution in [-0.2, 0) is 19.9 Å². The van der Waals surface area contributed by atoms with Crippen molar-refractivity contribution in [3.63, 3.8) is 0 Å². The predicted octanol–water partition coefficient (Wildman–Crippen LogP) is 4.18. The number of hydrogen-bond acceptors (Lipinski definition) is 5. The normalized spacial score (nSPS) is 14.0. The second kappa shape index (κ2) is 8.94. The van der Waals surface area contributed by atoms with Crippen LogP contribution in [0.15, 0.2) is 58.3 Å². The van der Waals surface area contributed by atoms with Crippen LogP contribution in [-0.4, -0.2) is 39.7 Å². The minimum Gasteiger partial charge on any atom is -0.377 e. The Labute approximate surface area is 174 Å². The Kier molecular flexibility index (Phi) is 7.20. The zero-order chi connectivity index (χ0) is 22.7. The van der Waals surface area contributed by atoms with Gasteiger partial charge in [-0.15, -0.1) is 0 Å². The standard InChI is InChI=1S/C19H23F3N2O4S2/c1-4-24(5-2)30(27,28)16-12-10-15(11-13-16)14(3)23-17-8-6-7-9-18(17)29(25,26)19(20,21)22/h6-14,23H,4-5H2,1-3H3. The molecule has 2 aromatic carbocycles. The number of benzene rings is 2. The van der Waals surface area contributed by atoms with Gasteiger partial charge in [0.2, 0.25) is 10.0 Å². The summed E-state index contributed by atoms with van der Waals surface area (Å²) in [6.07, 6.45) is 0. The third-order valence-electron chi connectivity index (χ3n) is 4.58. The molecule has 1 atom stereocenters. The van der Waals surface area contributed by atoms with Crippen molar-refractivity contribution in [3.05, 3.63) is 54.1 Å². The van der Waals surface area contributed by atoms with Crippen molar-refractivity contribution in [2.24, 2.45) is 0 Å². The summed E-state index contributed by atoms with van der Waals surface area (Å²) in [5.41, 5.74) is -5.04. The summed E-state index contributed by atoms with van der Waals surface area (Å²) in [4.78, 5) is -0.771. The molecule has 0 saturated carbocycles. The second-order valence-electron chi connectivity index (χ2n) is 6.47. The molecule has 0 amide bonds. The number of sulfonamides is 1. The number of sulfone groups is 1. The van der Waals surface area contributed by atoms with E-state index in [1.165, 1.54) is 46.8 Å². The summed E-state index contributed by atoms with van der Waals surface area (Å²) in [6.45, 7) is 5.73. The van der Waals surface area contributed by atoms with Crippen molar-refractivity contribution in [1.29, 1.82) is 0 Å². The number of para-hydroxylation sites is 1. The van der Waals surface area contributed by atoms with Gasteiger partial charge in [0.25, 0.3) is 9.84 Å². The highest BCUT2D eigenvalue weighted by Crippen LogP contribution is 2.35. The Balaban J connectivity index is 2.32. The maximum atomic E-state index is 13.0. The van der Waals surface area contributed by atoms with Gasteiger partial charge in [-0.05, 0) is 36.8 Å². The molecular formula is C19H23F3N2O4S2. The van der Waals surface area contributed by atoms with Crippen molar-refractivity contribution in [3.8, 4) is 0 Å². The fraction of sp³-hybridized carbons (Fsp3) is 0.368. The Morgan fingerprint density at radius 1 is 0.933 bits per heavy atom. The molecule has 0 aliphatic rings. The zero-order valence-electron chi connectivity index (χ0n) is 16.6. The van der Waals surface area contributed by atoms with Crippen molar-refractivity contribution < 1.29 is 30.0 Å². The molecule has 0 fully saturated rings. The Hall–Kier alpha value is -2.11. The van der Waals surface area contributed by atoms with E-state index in [0.29, 0.717) is 18.7 Å². The van der Waals surface area contributed by atoms with Gasteiger partial charge in [-0.25, -0.2) is 16.8 Å². The van der Waals surface area contributed by atoms with Gasteiger partial charge in [-0.2, -0.15) is 17.5 Å². The van der Waals surface area contributed by atoms with Gasteiger partial charge in [-0.1, -0.05) is 38.1 Å². The van der Waals surface area contributed by atoms with E-state index in [2.05, 4.69) is 5.32 Å². The third-order valence-corrected chi connectivity index (χ3v) is 8.19. The lowest BCUT2D eigenvalue weighted by molar-refractivity contribution is -0.0435. The SMILES string of the molecule is CCN(CC)S(=O)(=O)c1ccc(C(C)Nc2ccccc2S(=O)(=O)C(F)(F)F)cc1. The minimum absolute atomic E-state index is 0.0993. The van der Waals surface area contributed by atoms with Crippen molar-refractivity contribution in [2.45, 2.75) is 42.1 Å². The van der Waals surface area contributed by atoms with E-state index in [1.807, 2.05) is 0 Å². The van der Waals surface area contributed by atoms with E-state index >= 15 is 0 Å². The van der Waals surface area contributed by atoms with Crippen LogP contribution in [0.1, 0.15) is 32.4 Å². The summed E-state index contributed by atoms with van der Waals surface area (Å²) in [7, 11) is -9.16. The Bertz CT molecular complexity index is 1080. The summed E-state index contributed by atoms with van der Waals surface area (Å²) in [5, 5.41) is 2.77. The molecule has 1 unspecified atom stereocenters. The first-order valence-electron chi connectivity index (χ1n) is 9.13. The zero-order valence-corrected chi connectivity index (χ0v) is 18.3. The highest BCUT2D eigenvalue weighted by molar-refractivity contribution is 7.92. The topological polar surface area (TPSA) is 83.6 Å². The monoisotopic (exact) mass is 464 g/mol. The van der Waals surface area contributed by atoms with E-state index in [9.17, 15) is 30.0 Å². The van der Waals surface area contributed by atoms with Gasteiger partial charge in [0.15, 0.2) is 0 Å². The first-order chi connectivity index (χ1) is 13.9. The first kappa shape index (κ1) is 24.2. The summed E-state index contributed by atoms with van der Waals surface area (Å²) in [5.74, 6) is 0. The van der Waals surface area contributed by atoms with E-state index < -0.39 is 36.3 Å². The molecule has 166 valence electrons. The molecule has 0 aromatic heterocycles. The third kappa shape index (κ3) is 4.79. The first-order valence-corrected chi connectivity index (χ1v) is 12.1. The maximum Gasteiger partial charge on any atom is 0.501 e. The minimum atomic E-state index is -5.52. The smallest absolute Gasteiger partial charge is 0.377 e. The lowest BCUT2D eigenvalue weighted by Crippen LogP contribution is -2.30. The number of alkyl halides is 3. The highest BCUT2D eigenvalue weighted by Gasteiger charge is 2.48. The van der Waals surface area contributed by atoms with Crippen molar-refractivity contribution >= 4 is 25.5 Å². The molecule has 0 radical (unpaired) electrons. The van der Waals surface area contributed by atoms with Crippen LogP contribution in [0.4, 0.5) is 18.9 Å². The molecule has 0 aliphatic heterocycles. The second-order valence-corrected chi connectivity index (χ2v) is 10.3. The molecule has 0 heterocycles. The fourth-order valence-electron chi connectivity index (χ4n) is 2.90. The number of nitrogens with zero attached hydrogens (tertiary/aromatic N) is 1. The lowest BCUT2D eigenvalue weighted by Gasteiger charge is -2.21.